The Hall–Kier alpha value is -2.05. The molecule has 0 radical (unpaired) electrons. The van der Waals surface area contributed by atoms with E-state index in [1.807, 2.05) is 0 Å². The number of ether oxygens (including phenoxy) is 1. The fourth-order valence-electron chi connectivity index (χ4n) is 2.04. The van der Waals surface area contributed by atoms with E-state index in [2.05, 4.69) is 0 Å². The lowest BCUT2D eigenvalue weighted by Crippen LogP contribution is -2.31. The standard InChI is InChI=1S/C16H13ClF3NO2/c1-23-11-7-5-10(6-8-11)15(22)12-3-2-4-14(17)13(12)9-21-16(18,19)20/h2-8,21H,9H2,1H3. The number of nitrogens with one attached hydrogen (secondary N) is 1. The zero-order chi connectivity index (χ0) is 17.0. The third kappa shape index (κ3) is 4.46. The van der Waals surface area contributed by atoms with Crippen molar-refractivity contribution in [1.29, 1.82) is 0 Å². The van der Waals surface area contributed by atoms with Crippen LogP contribution in [0.15, 0.2) is 42.5 Å². The summed E-state index contributed by atoms with van der Waals surface area (Å²) in [6, 6.07) is 10.7. The van der Waals surface area contributed by atoms with Gasteiger partial charge in [0.05, 0.1) is 7.11 Å². The monoisotopic (exact) mass is 343 g/mol. The van der Waals surface area contributed by atoms with Gasteiger partial charge in [0.1, 0.15) is 5.75 Å². The van der Waals surface area contributed by atoms with Crippen molar-refractivity contribution in [2.75, 3.05) is 7.11 Å². The SMILES string of the molecule is COc1ccc(C(=O)c2cccc(Cl)c2CNC(F)(F)F)cc1. The Balaban J connectivity index is 2.33. The summed E-state index contributed by atoms with van der Waals surface area (Å²) < 4.78 is 42.1. The first kappa shape index (κ1) is 17.3. The number of hydrogen-bond acceptors (Lipinski definition) is 3. The molecule has 0 atom stereocenters. The Morgan fingerprint density at radius 3 is 2.39 bits per heavy atom. The maximum atomic E-state index is 12.5. The minimum Gasteiger partial charge on any atom is -0.497 e. The second-order valence-electron chi connectivity index (χ2n) is 4.67. The molecule has 2 aromatic carbocycles. The second-order valence-corrected chi connectivity index (χ2v) is 5.08. The molecule has 2 aromatic rings. The van der Waals surface area contributed by atoms with Crippen molar-refractivity contribution in [3.8, 4) is 5.75 Å². The molecule has 122 valence electrons. The number of alkyl halides is 3. The molecule has 0 spiro atoms. The van der Waals surface area contributed by atoms with Gasteiger partial charge < -0.3 is 4.74 Å². The lowest BCUT2D eigenvalue weighted by atomic mass is 9.98. The molecule has 0 aliphatic rings. The molecule has 23 heavy (non-hydrogen) atoms. The largest absolute Gasteiger partial charge is 0.497 e. The lowest BCUT2D eigenvalue weighted by Gasteiger charge is -2.13. The van der Waals surface area contributed by atoms with E-state index in [4.69, 9.17) is 16.3 Å². The van der Waals surface area contributed by atoms with Gasteiger partial charge in [-0.25, -0.2) is 5.32 Å². The summed E-state index contributed by atoms with van der Waals surface area (Å²) >= 11 is 5.96. The fourth-order valence-corrected chi connectivity index (χ4v) is 2.28. The van der Waals surface area contributed by atoms with Gasteiger partial charge in [0.25, 0.3) is 0 Å². The molecule has 0 saturated heterocycles. The van der Waals surface area contributed by atoms with Crippen LogP contribution in [-0.2, 0) is 6.54 Å². The van der Waals surface area contributed by atoms with E-state index in [1.165, 1.54) is 30.6 Å². The van der Waals surface area contributed by atoms with Crippen LogP contribution in [0.1, 0.15) is 21.5 Å². The number of methoxy groups -OCH3 is 1. The lowest BCUT2D eigenvalue weighted by molar-refractivity contribution is -0.158. The van der Waals surface area contributed by atoms with Crippen LogP contribution < -0.4 is 10.1 Å². The molecule has 0 unspecified atom stereocenters. The summed E-state index contributed by atoms with van der Waals surface area (Å²) in [6.45, 7) is -0.583. The molecule has 0 saturated carbocycles. The first-order chi connectivity index (χ1) is 10.8. The Morgan fingerprint density at radius 2 is 1.83 bits per heavy atom. The Morgan fingerprint density at radius 1 is 1.17 bits per heavy atom. The number of carbonyl (C=O) groups excluding carboxylic acids is 1. The van der Waals surface area contributed by atoms with E-state index >= 15 is 0 Å². The average molecular weight is 344 g/mol. The summed E-state index contributed by atoms with van der Waals surface area (Å²) in [5.74, 6) is 0.167. The summed E-state index contributed by atoms with van der Waals surface area (Å²) in [7, 11) is 1.49. The van der Waals surface area contributed by atoms with Crippen molar-refractivity contribution < 1.29 is 22.7 Å². The minimum atomic E-state index is -4.56. The first-order valence-electron chi connectivity index (χ1n) is 6.59. The maximum Gasteiger partial charge on any atom is 0.457 e. The van der Waals surface area contributed by atoms with E-state index in [1.54, 1.807) is 24.3 Å². The van der Waals surface area contributed by atoms with Crippen LogP contribution in [-0.4, -0.2) is 19.2 Å². The van der Waals surface area contributed by atoms with Crippen molar-refractivity contribution in [1.82, 2.24) is 5.32 Å². The number of rotatable bonds is 5. The van der Waals surface area contributed by atoms with Crippen LogP contribution in [0.3, 0.4) is 0 Å². The van der Waals surface area contributed by atoms with E-state index in [-0.39, 0.29) is 16.1 Å². The van der Waals surface area contributed by atoms with Crippen LogP contribution in [0, 0.1) is 0 Å². The number of ketones is 1. The molecule has 0 fully saturated rings. The molecule has 0 amide bonds. The molecular formula is C16H13ClF3NO2. The molecule has 3 nitrogen and oxygen atoms in total. The number of carbonyl (C=O) groups is 1. The van der Waals surface area contributed by atoms with Gasteiger partial charge in [-0.15, -0.1) is 0 Å². The van der Waals surface area contributed by atoms with E-state index in [0.29, 0.717) is 11.3 Å². The molecule has 1 N–H and O–H groups in total. The molecule has 0 aromatic heterocycles. The molecule has 0 bridgehead atoms. The van der Waals surface area contributed by atoms with Crippen LogP contribution >= 0.6 is 11.6 Å². The summed E-state index contributed by atoms with van der Waals surface area (Å²) in [4.78, 5) is 12.5. The smallest absolute Gasteiger partial charge is 0.457 e. The summed E-state index contributed by atoms with van der Waals surface area (Å²) in [5, 5.41) is 1.49. The Bertz CT molecular complexity index is 699. The van der Waals surface area contributed by atoms with Gasteiger partial charge in [0, 0.05) is 22.7 Å². The highest BCUT2D eigenvalue weighted by atomic mass is 35.5. The van der Waals surface area contributed by atoms with Crippen molar-refractivity contribution in [2.24, 2.45) is 0 Å². The third-order valence-electron chi connectivity index (χ3n) is 3.18. The molecular weight excluding hydrogens is 331 g/mol. The van der Waals surface area contributed by atoms with E-state index in [9.17, 15) is 18.0 Å². The van der Waals surface area contributed by atoms with E-state index < -0.39 is 18.6 Å². The van der Waals surface area contributed by atoms with Gasteiger partial charge in [-0.05, 0) is 35.9 Å². The maximum absolute atomic E-state index is 12.5. The number of halogens is 4. The minimum absolute atomic E-state index is 0.0983. The van der Waals surface area contributed by atoms with Gasteiger partial charge in [-0.2, -0.15) is 13.2 Å². The number of hydrogen-bond donors (Lipinski definition) is 1. The Kier molecular flexibility index (Phi) is 5.28. The predicted molar refractivity (Wildman–Crippen MR) is 80.8 cm³/mol. The average Bonchev–Trinajstić information content (AvgIpc) is 2.52. The predicted octanol–water partition coefficient (Wildman–Crippen LogP) is 4.19. The summed E-state index contributed by atoms with van der Waals surface area (Å²) in [6.07, 6.45) is -4.56. The molecule has 0 heterocycles. The molecule has 7 heteroatoms. The first-order valence-corrected chi connectivity index (χ1v) is 6.97. The third-order valence-corrected chi connectivity index (χ3v) is 3.54. The van der Waals surface area contributed by atoms with Gasteiger partial charge in [0.15, 0.2) is 5.78 Å². The highest BCUT2D eigenvalue weighted by Crippen LogP contribution is 2.24. The highest BCUT2D eigenvalue weighted by molar-refractivity contribution is 6.32. The van der Waals surface area contributed by atoms with Crippen molar-refractivity contribution in [3.63, 3.8) is 0 Å². The Labute approximate surface area is 136 Å². The molecule has 0 aliphatic carbocycles. The fraction of sp³-hybridized carbons (Fsp3) is 0.188. The quantitative estimate of drug-likeness (QED) is 0.653. The van der Waals surface area contributed by atoms with E-state index in [0.717, 1.165) is 0 Å². The van der Waals surface area contributed by atoms with Gasteiger partial charge >= 0.3 is 6.30 Å². The van der Waals surface area contributed by atoms with Crippen molar-refractivity contribution in [3.05, 3.63) is 64.2 Å². The topological polar surface area (TPSA) is 38.3 Å². The molecule has 0 aliphatic heterocycles. The van der Waals surface area contributed by atoms with Gasteiger partial charge in [-0.3, -0.25) is 4.79 Å². The zero-order valence-corrected chi connectivity index (χ0v) is 12.8. The highest BCUT2D eigenvalue weighted by Gasteiger charge is 2.27. The van der Waals surface area contributed by atoms with Gasteiger partial charge in [-0.1, -0.05) is 23.7 Å². The van der Waals surface area contributed by atoms with Crippen molar-refractivity contribution >= 4 is 17.4 Å². The van der Waals surface area contributed by atoms with Crippen LogP contribution in [0.4, 0.5) is 13.2 Å². The normalized spacial score (nSPS) is 11.3. The number of benzene rings is 2. The second kappa shape index (κ2) is 7.02. The van der Waals surface area contributed by atoms with Crippen LogP contribution in [0.5, 0.6) is 5.75 Å². The van der Waals surface area contributed by atoms with Crippen LogP contribution in [0.2, 0.25) is 5.02 Å². The van der Waals surface area contributed by atoms with Crippen LogP contribution in [0.25, 0.3) is 0 Å². The summed E-state index contributed by atoms with van der Waals surface area (Å²) in [5.41, 5.74) is 0.563. The van der Waals surface area contributed by atoms with Crippen molar-refractivity contribution in [2.45, 2.75) is 12.8 Å². The zero-order valence-electron chi connectivity index (χ0n) is 12.1. The van der Waals surface area contributed by atoms with Gasteiger partial charge in [0.2, 0.25) is 0 Å². The molecule has 2 rings (SSSR count).